The Morgan fingerprint density at radius 2 is 1.48 bits per heavy atom. The maximum atomic E-state index is 13.1. The summed E-state index contributed by atoms with van der Waals surface area (Å²) >= 11 is 5.92. The van der Waals surface area contributed by atoms with Gasteiger partial charge in [-0.2, -0.15) is 0 Å². The van der Waals surface area contributed by atoms with E-state index in [9.17, 15) is 9.59 Å². The van der Waals surface area contributed by atoms with Gasteiger partial charge < -0.3 is 4.74 Å². The summed E-state index contributed by atoms with van der Waals surface area (Å²) in [6, 6.07) is 26.3. The van der Waals surface area contributed by atoms with Crippen LogP contribution in [0, 0.1) is 0 Å². The van der Waals surface area contributed by atoms with Crippen molar-refractivity contribution in [2.45, 2.75) is 6.10 Å². The van der Waals surface area contributed by atoms with E-state index in [-0.39, 0.29) is 11.5 Å². The predicted octanol–water partition coefficient (Wildman–Crippen LogP) is 5.67. The second-order valence-electron chi connectivity index (χ2n) is 6.46. The average Bonchev–Trinajstić information content (AvgIpc) is 2.77. The standard InChI is InChI=1S/C24H16ClNO3/c25-19-13-10-17(11-14-19)22(27)23(18-7-2-1-3-8-18)29-24(28)21-15-12-16-6-4-5-9-20(16)26-21/h1-15,23H. The Hall–Kier alpha value is -3.50. The van der Waals surface area contributed by atoms with Crippen molar-refractivity contribution in [2.24, 2.45) is 0 Å². The molecule has 0 amide bonds. The van der Waals surface area contributed by atoms with Gasteiger partial charge in [-0.3, -0.25) is 4.79 Å². The number of nitrogens with zero attached hydrogens (tertiary/aromatic N) is 1. The van der Waals surface area contributed by atoms with Crippen molar-refractivity contribution in [3.63, 3.8) is 0 Å². The highest BCUT2D eigenvalue weighted by Crippen LogP contribution is 2.25. The molecule has 1 unspecified atom stereocenters. The van der Waals surface area contributed by atoms with Crippen molar-refractivity contribution in [1.82, 2.24) is 4.98 Å². The van der Waals surface area contributed by atoms with E-state index in [4.69, 9.17) is 16.3 Å². The van der Waals surface area contributed by atoms with Gasteiger partial charge in [0.1, 0.15) is 5.69 Å². The fourth-order valence-electron chi connectivity index (χ4n) is 3.01. The van der Waals surface area contributed by atoms with Crippen molar-refractivity contribution in [3.8, 4) is 0 Å². The van der Waals surface area contributed by atoms with Crippen LogP contribution in [-0.4, -0.2) is 16.7 Å². The zero-order chi connectivity index (χ0) is 20.2. The minimum atomic E-state index is -1.09. The van der Waals surface area contributed by atoms with Gasteiger partial charge in [-0.25, -0.2) is 9.78 Å². The third kappa shape index (κ3) is 4.18. The van der Waals surface area contributed by atoms with Crippen LogP contribution >= 0.6 is 11.6 Å². The number of benzene rings is 3. The van der Waals surface area contributed by atoms with Crippen LogP contribution in [0.2, 0.25) is 5.02 Å². The first kappa shape index (κ1) is 18.8. The largest absolute Gasteiger partial charge is 0.444 e. The molecule has 0 saturated heterocycles. The van der Waals surface area contributed by atoms with Gasteiger partial charge in [0, 0.05) is 21.5 Å². The molecule has 0 fully saturated rings. The van der Waals surface area contributed by atoms with Crippen LogP contribution in [0.1, 0.15) is 32.5 Å². The van der Waals surface area contributed by atoms with Gasteiger partial charge >= 0.3 is 5.97 Å². The number of para-hydroxylation sites is 1. The topological polar surface area (TPSA) is 56.3 Å². The van der Waals surface area contributed by atoms with Crippen molar-refractivity contribution in [2.75, 3.05) is 0 Å². The summed E-state index contributed by atoms with van der Waals surface area (Å²) in [5.74, 6) is -0.992. The van der Waals surface area contributed by atoms with Gasteiger partial charge in [0.05, 0.1) is 5.52 Å². The molecule has 5 heteroatoms. The molecule has 3 aromatic carbocycles. The maximum Gasteiger partial charge on any atom is 0.358 e. The number of aromatic nitrogens is 1. The molecule has 1 heterocycles. The number of rotatable bonds is 5. The summed E-state index contributed by atoms with van der Waals surface area (Å²) in [5, 5.41) is 1.44. The van der Waals surface area contributed by atoms with E-state index in [1.165, 1.54) is 0 Å². The number of carbonyl (C=O) groups is 2. The lowest BCUT2D eigenvalue weighted by atomic mass is 10.00. The third-order valence-electron chi connectivity index (χ3n) is 4.50. The molecule has 0 saturated carbocycles. The van der Waals surface area contributed by atoms with E-state index in [1.807, 2.05) is 30.3 Å². The second kappa shape index (κ2) is 8.25. The molecule has 0 aliphatic rings. The summed E-state index contributed by atoms with van der Waals surface area (Å²) in [7, 11) is 0. The van der Waals surface area contributed by atoms with Crippen LogP contribution in [0.4, 0.5) is 0 Å². The Bertz CT molecular complexity index is 1170. The number of hydrogen-bond acceptors (Lipinski definition) is 4. The monoisotopic (exact) mass is 401 g/mol. The zero-order valence-corrected chi connectivity index (χ0v) is 16.0. The van der Waals surface area contributed by atoms with Crippen LogP contribution < -0.4 is 0 Å². The first-order valence-electron chi connectivity index (χ1n) is 9.03. The van der Waals surface area contributed by atoms with Crippen LogP contribution in [-0.2, 0) is 4.74 Å². The average molecular weight is 402 g/mol. The van der Waals surface area contributed by atoms with Crippen LogP contribution in [0.15, 0.2) is 91.0 Å². The molecular formula is C24H16ClNO3. The van der Waals surface area contributed by atoms with Crippen LogP contribution in [0.25, 0.3) is 10.9 Å². The van der Waals surface area contributed by atoms with Crippen molar-refractivity contribution < 1.29 is 14.3 Å². The van der Waals surface area contributed by atoms with Crippen molar-refractivity contribution >= 4 is 34.3 Å². The number of fused-ring (bicyclic) bond motifs is 1. The summed E-state index contributed by atoms with van der Waals surface area (Å²) in [4.78, 5) is 30.3. The zero-order valence-electron chi connectivity index (χ0n) is 15.3. The van der Waals surface area contributed by atoms with Gasteiger partial charge in [-0.15, -0.1) is 0 Å². The molecule has 0 aliphatic heterocycles. The Balaban J connectivity index is 1.66. The van der Waals surface area contributed by atoms with E-state index >= 15 is 0 Å². The first-order chi connectivity index (χ1) is 14.1. The molecule has 0 spiro atoms. The summed E-state index contributed by atoms with van der Waals surface area (Å²) in [5.41, 5.74) is 1.82. The molecule has 0 aliphatic carbocycles. The van der Waals surface area contributed by atoms with Crippen LogP contribution in [0.5, 0.6) is 0 Å². The quantitative estimate of drug-likeness (QED) is 0.319. The maximum absolute atomic E-state index is 13.1. The molecule has 142 valence electrons. The number of ether oxygens (including phenoxy) is 1. The first-order valence-corrected chi connectivity index (χ1v) is 9.41. The minimum absolute atomic E-state index is 0.147. The molecule has 0 radical (unpaired) electrons. The Kier molecular flexibility index (Phi) is 5.36. The molecule has 4 aromatic rings. The number of ketones is 1. The molecule has 29 heavy (non-hydrogen) atoms. The van der Waals surface area contributed by atoms with E-state index in [2.05, 4.69) is 4.98 Å². The number of pyridine rings is 1. The van der Waals surface area contributed by atoms with Crippen molar-refractivity contribution in [1.29, 1.82) is 0 Å². The van der Waals surface area contributed by atoms with Crippen LogP contribution in [0.3, 0.4) is 0 Å². The van der Waals surface area contributed by atoms with E-state index in [1.54, 1.807) is 60.7 Å². The summed E-state index contributed by atoms with van der Waals surface area (Å²) in [6.45, 7) is 0. The van der Waals surface area contributed by atoms with Crippen molar-refractivity contribution in [3.05, 3.63) is 113 Å². The normalized spacial score (nSPS) is 11.8. The molecule has 1 atom stereocenters. The Morgan fingerprint density at radius 1 is 0.793 bits per heavy atom. The fraction of sp³-hybridized carbons (Fsp3) is 0.0417. The lowest BCUT2D eigenvalue weighted by Gasteiger charge is -2.17. The number of halogens is 1. The number of hydrogen-bond donors (Lipinski definition) is 0. The van der Waals surface area contributed by atoms with E-state index < -0.39 is 12.1 Å². The van der Waals surface area contributed by atoms with Gasteiger partial charge in [0.15, 0.2) is 6.10 Å². The Morgan fingerprint density at radius 3 is 2.24 bits per heavy atom. The predicted molar refractivity (Wildman–Crippen MR) is 112 cm³/mol. The molecule has 0 N–H and O–H groups in total. The number of Topliss-reactive ketones (excluding diaryl/α,β-unsaturated/α-hetero) is 1. The van der Waals surface area contributed by atoms with Gasteiger partial charge in [0.25, 0.3) is 0 Å². The number of carbonyl (C=O) groups excluding carboxylic acids is 2. The molecule has 4 rings (SSSR count). The fourth-order valence-corrected chi connectivity index (χ4v) is 3.14. The van der Waals surface area contributed by atoms with E-state index in [0.717, 1.165) is 5.39 Å². The smallest absolute Gasteiger partial charge is 0.358 e. The highest BCUT2D eigenvalue weighted by atomic mass is 35.5. The molecule has 0 bridgehead atoms. The van der Waals surface area contributed by atoms with Gasteiger partial charge in [-0.05, 0) is 36.4 Å². The third-order valence-corrected chi connectivity index (χ3v) is 4.75. The Labute approximate surface area is 172 Å². The lowest BCUT2D eigenvalue weighted by Crippen LogP contribution is -2.21. The van der Waals surface area contributed by atoms with E-state index in [0.29, 0.717) is 21.7 Å². The highest BCUT2D eigenvalue weighted by molar-refractivity contribution is 6.30. The molecule has 1 aromatic heterocycles. The SMILES string of the molecule is O=C(OC(C(=O)c1ccc(Cl)cc1)c1ccccc1)c1ccc2ccccc2n1. The minimum Gasteiger partial charge on any atom is -0.444 e. The van der Waals surface area contributed by atoms with Gasteiger partial charge in [-0.1, -0.05) is 66.2 Å². The second-order valence-corrected chi connectivity index (χ2v) is 6.89. The summed E-state index contributed by atoms with van der Waals surface area (Å²) in [6.07, 6.45) is -1.09. The highest BCUT2D eigenvalue weighted by Gasteiger charge is 2.27. The van der Waals surface area contributed by atoms with Gasteiger partial charge in [0.2, 0.25) is 5.78 Å². The lowest BCUT2D eigenvalue weighted by molar-refractivity contribution is 0.0275. The number of esters is 1. The summed E-state index contributed by atoms with van der Waals surface area (Å²) < 4.78 is 5.63. The molecule has 4 nitrogen and oxygen atoms in total. The molecular weight excluding hydrogens is 386 g/mol.